The first kappa shape index (κ1) is 29.9. The van der Waals surface area contributed by atoms with Crippen molar-refractivity contribution >= 4 is 17.7 Å². The standard InChI is InChI=1S/C36H32O6/c1-23(2)34(38)41-31-19-15-28(16-20-31)26-9-7-25(8-10-26)27-11-13-29(14-12-27)33(37)36(5,40-6)30-17-21-32(22-18-30)42-35(39)24(3)4/h7-22H,1,3H2,2,4-6H3. The Labute approximate surface area is 245 Å². The van der Waals surface area contributed by atoms with Gasteiger partial charge in [-0.2, -0.15) is 0 Å². The molecular formula is C36H32O6. The van der Waals surface area contributed by atoms with Gasteiger partial charge in [0.05, 0.1) is 0 Å². The van der Waals surface area contributed by atoms with E-state index >= 15 is 0 Å². The maximum Gasteiger partial charge on any atom is 0.338 e. The second-order valence-electron chi connectivity index (χ2n) is 10.1. The van der Waals surface area contributed by atoms with Gasteiger partial charge in [0.1, 0.15) is 11.5 Å². The predicted octanol–water partition coefficient (Wildman–Crippen LogP) is 7.73. The average Bonchev–Trinajstić information content (AvgIpc) is 3.01. The summed E-state index contributed by atoms with van der Waals surface area (Å²) in [5.41, 5.74) is 4.50. The van der Waals surface area contributed by atoms with E-state index in [2.05, 4.69) is 13.2 Å². The molecule has 4 aromatic rings. The van der Waals surface area contributed by atoms with Gasteiger partial charge >= 0.3 is 11.9 Å². The summed E-state index contributed by atoms with van der Waals surface area (Å²) >= 11 is 0. The average molecular weight is 561 g/mol. The van der Waals surface area contributed by atoms with Gasteiger partial charge in [0.15, 0.2) is 11.4 Å². The van der Waals surface area contributed by atoms with Crippen molar-refractivity contribution in [3.8, 4) is 33.8 Å². The molecule has 0 saturated carbocycles. The normalized spacial score (nSPS) is 12.1. The SMILES string of the molecule is C=C(C)C(=O)Oc1ccc(-c2ccc(-c3ccc(C(=O)C(C)(OC)c4ccc(OC(=O)C(=C)C)cc4)cc3)cc2)cc1. The summed E-state index contributed by atoms with van der Waals surface area (Å²) in [4.78, 5) is 37.1. The first-order chi connectivity index (χ1) is 20.0. The van der Waals surface area contributed by atoms with Crippen LogP contribution in [0.25, 0.3) is 22.3 Å². The highest BCUT2D eigenvalue weighted by Gasteiger charge is 2.36. The number of hydrogen-bond acceptors (Lipinski definition) is 6. The first-order valence-electron chi connectivity index (χ1n) is 13.3. The second-order valence-corrected chi connectivity index (χ2v) is 10.1. The number of rotatable bonds is 10. The minimum Gasteiger partial charge on any atom is -0.423 e. The predicted molar refractivity (Wildman–Crippen MR) is 163 cm³/mol. The molecule has 1 unspecified atom stereocenters. The molecule has 0 N–H and O–H groups in total. The zero-order valence-corrected chi connectivity index (χ0v) is 24.1. The van der Waals surface area contributed by atoms with E-state index in [1.54, 1.807) is 69.3 Å². The molecule has 42 heavy (non-hydrogen) atoms. The molecule has 0 aromatic heterocycles. The van der Waals surface area contributed by atoms with Crippen molar-refractivity contribution in [1.29, 1.82) is 0 Å². The van der Waals surface area contributed by atoms with Gasteiger partial charge in [-0.15, -0.1) is 0 Å². The molecule has 1 atom stereocenters. The Morgan fingerprint density at radius 2 is 0.905 bits per heavy atom. The smallest absolute Gasteiger partial charge is 0.338 e. The van der Waals surface area contributed by atoms with Crippen molar-refractivity contribution in [3.05, 3.63) is 132 Å². The molecule has 4 aromatic carbocycles. The molecule has 212 valence electrons. The van der Waals surface area contributed by atoms with E-state index in [0.717, 1.165) is 22.3 Å². The van der Waals surface area contributed by atoms with E-state index in [1.807, 2.05) is 48.5 Å². The highest BCUT2D eigenvalue weighted by Crippen LogP contribution is 2.32. The summed E-state index contributed by atoms with van der Waals surface area (Å²) in [6, 6.07) is 29.4. The molecule has 0 aliphatic heterocycles. The molecule has 0 aliphatic carbocycles. The molecular weight excluding hydrogens is 528 g/mol. The molecule has 0 heterocycles. The van der Waals surface area contributed by atoms with Crippen LogP contribution in [-0.2, 0) is 19.9 Å². The number of benzene rings is 4. The van der Waals surface area contributed by atoms with Crippen LogP contribution in [0.5, 0.6) is 11.5 Å². The van der Waals surface area contributed by atoms with Gasteiger partial charge in [0.2, 0.25) is 0 Å². The Balaban J connectivity index is 1.47. The van der Waals surface area contributed by atoms with Gasteiger partial charge in [-0.1, -0.05) is 86.0 Å². The van der Waals surface area contributed by atoms with Crippen LogP contribution in [-0.4, -0.2) is 24.8 Å². The van der Waals surface area contributed by atoms with Crippen LogP contribution in [0.2, 0.25) is 0 Å². The Morgan fingerprint density at radius 3 is 1.26 bits per heavy atom. The number of carbonyl (C=O) groups is 3. The van der Waals surface area contributed by atoms with Crippen molar-refractivity contribution in [3.63, 3.8) is 0 Å². The van der Waals surface area contributed by atoms with Crippen molar-refractivity contribution < 1.29 is 28.6 Å². The second kappa shape index (κ2) is 12.6. The largest absolute Gasteiger partial charge is 0.423 e. The molecule has 0 amide bonds. The third kappa shape index (κ3) is 6.62. The van der Waals surface area contributed by atoms with E-state index in [-0.39, 0.29) is 5.78 Å². The highest BCUT2D eigenvalue weighted by atomic mass is 16.5. The molecule has 0 radical (unpaired) electrons. The molecule has 0 fully saturated rings. The summed E-state index contributed by atoms with van der Waals surface area (Å²) in [5.74, 6) is -0.349. The van der Waals surface area contributed by atoms with Gasteiger partial charge < -0.3 is 14.2 Å². The number of carbonyl (C=O) groups excluding carboxylic acids is 3. The number of hydrogen-bond donors (Lipinski definition) is 0. The third-order valence-corrected chi connectivity index (χ3v) is 6.92. The maximum absolute atomic E-state index is 13.6. The number of methoxy groups -OCH3 is 1. The third-order valence-electron chi connectivity index (χ3n) is 6.92. The fourth-order valence-corrected chi connectivity index (χ4v) is 4.23. The van der Waals surface area contributed by atoms with Crippen LogP contribution >= 0.6 is 0 Å². The van der Waals surface area contributed by atoms with E-state index in [0.29, 0.717) is 33.8 Å². The molecule has 6 heteroatoms. The fraction of sp³-hybridized carbons (Fsp3) is 0.139. The van der Waals surface area contributed by atoms with Gasteiger partial charge in [0, 0.05) is 23.8 Å². The number of ketones is 1. The summed E-state index contributed by atoms with van der Waals surface area (Å²) in [6.07, 6.45) is 0. The Bertz CT molecular complexity index is 1630. The van der Waals surface area contributed by atoms with Crippen molar-refractivity contribution in [2.24, 2.45) is 0 Å². The summed E-state index contributed by atoms with van der Waals surface area (Å²) < 4.78 is 16.2. The molecule has 0 aliphatic rings. The zero-order chi connectivity index (χ0) is 30.4. The molecule has 0 saturated heterocycles. The Hall–Kier alpha value is -5.07. The first-order valence-corrected chi connectivity index (χ1v) is 13.3. The van der Waals surface area contributed by atoms with Crippen molar-refractivity contribution in [2.45, 2.75) is 26.4 Å². The summed E-state index contributed by atoms with van der Waals surface area (Å²) in [6.45, 7) is 12.1. The van der Waals surface area contributed by atoms with Crippen molar-refractivity contribution in [2.75, 3.05) is 7.11 Å². The van der Waals surface area contributed by atoms with Crippen LogP contribution in [0.3, 0.4) is 0 Å². The summed E-state index contributed by atoms with van der Waals surface area (Å²) in [5, 5.41) is 0. The van der Waals surface area contributed by atoms with Crippen LogP contribution in [0, 0.1) is 0 Å². The molecule has 4 rings (SSSR count). The van der Waals surface area contributed by atoms with Crippen LogP contribution in [0.1, 0.15) is 36.7 Å². The highest BCUT2D eigenvalue weighted by molar-refractivity contribution is 6.03. The lowest BCUT2D eigenvalue weighted by atomic mass is 9.87. The van der Waals surface area contributed by atoms with Crippen molar-refractivity contribution in [1.82, 2.24) is 0 Å². The van der Waals surface area contributed by atoms with Gasteiger partial charge in [-0.25, -0.2) is 9.59 Å². The zero-order valence-electron chi connectivity index (χ0n) is 24.1. The lowest BCUT2D eigenvalue weighted by Crippen LogP contribution is -2.34. The number of esters is 2. The van der Waals surface area contributed by atoms with E-state index in [4.69, 9.17) is 14.2 Å². The van der Waals surface area contributed by atoms with E-state index < -0.39 is 17.5 Å². The molecule has 6 nitrogen and oxygen atoms in total. The molecule has 0 spiro atoms. The van der Waals surface area contributed by atoms with E-state index in [9.17, 15) is 14.4 Å². The Kier molecular flexibility index (Phi) is 8.99. The van der Waals surface area contributed by atoms with Gasteiger partial charge in [-0.05, 0) is 72.9 Å². The minimum atomic E-state index is -1.24. The molecule has 0 bridgehead atoms. The number of ether oxygens (including phenoxy) is 3. The fourth-order valence-electron chi connectivity index (χ4n) is 4.23. The van der Waals surface area contributed by atoms with Crippen LogP contribution in [0.4, 0.5) is 0 Å². The minimum absolute atomic E-state index is 0.198. The maximum atomic E-state index is 13.6. The van der Waals surface area contributed by atoms with E-state index in [1.165, 1.54) is 7.11 Å². The Morgan fingerprint density at radius 1 is 0.571 bits per heavy atom. The monoisotopic (exact) mass is 560 g/mol. The lowest BCUT2D eigenvalue weighted by Gasteiger charge is -2.27. The topological polar surface area (TPSA) is 78.9 Å². The van der Waals surface area contributed by atoms with Gasteiger partial charge in [-0.3, -0.25) is 4.79 Å². The summed E-state index contributed by atoms with van der Waals surface area (Å²) in [7, 11) is 1.49. The number of Topliss-reactive ketones (excluding diaryl/α,β-unsaturated/α-hetero) is 1. The van der Waals surface area contributed by atoms with Crippen LogP contribution in [0.15, 0.2) is 121 Å². The quantitative estimate of drug-likeness (QED) is 0.0855. The van der Waals surface area contributed by atoms with Gasteiger partial charge in [0.25, 0.3) is 0 Å². The lowest BCUT2D eigenvalue weighted by molar-refractivity contribution is -0.130. The van der Waals surface area contributed by atoms with Crippen LogP contribution < -0.4 is 9.47 Å².